The molecule has 4 nitrogen and oxygen atoms in total. The molecule has 3 rings (SSSR count). The highest BCUT2D eigenvalue weighted by molar-refractivity contribution is 6.18. The van der Waals surface area contributed by atoms with E-state index in [1.807, 2.05) is 36.4 Å². The summed E-state index contributed by atoms with van der Waals surface area (Å²) < 4.78 is 16.2. The first kappa shape index (κ1) is 17.1. The molecular formula is C19H21ClO4. The molecule has 5 heteroatoms. The van der Waals surface area contributed by atoms with E-state index in [1.54, 1.807) is 0 Å². The number of epoxide rings is 1. The van der Waals surface area contributed by atoms with Crippen LogP contribution in [0.3, 0.4) is 0 Å². The highest BCUT2D eigenvalue weighted by atomic mass is 35.5. The average molecular weight is 349 g/mol. The van der Waals surface area contributed by atoms with Crippen molar-refractivity contribution in [2.75, 3.05) is 25.7 Å². The summed E-state index contributed by atoms with van der Waals surface area (Å²) in [4.78, 5) is 0. The highest BCUT2D eigenvalue weighted by Crippen LogP contribution is 2.19. The number of aliphatic hydroxyl groups excluding tert-OH is 1. The standard InChI is InChI=1S/C19H21ClO4/c20-10-16(21)11-22-17-5-1-14(2-6-17)9-15-3-7-18(8-4-15)23-12-19-13-24-19/h1-8,16,19,21H,9-13H2. The summed E-state index contributed by atoms with van der Waals surface area (Å²) in [6.07, 6.45) is 0.478. The van der Waals surface area contributed by atoms with E-state index in [-0.39, 0.29) is 18.6 Å². The van der Waals surface area contributed by atoms with Crippen LogP contribution in [-0.2, 0) is 11.2 Å². The van der Waals surface area contributed by atoms with Crippen LogP contribution >= 0.6 is 11.6 Å². The van der Waals surface area contributed by atoms with Gasteiger partial charge in [0.25, 0.3) is 0 Å². The van der Waals surface area contributed by atoms with Crippen LogP contribution in [0.25, 0.3) is 0 Å². The Balaban J connectivity index is 1.49. The second kappa shape index (κ2) is 8.38. The molecule has 2 aromatic carbocycles. The third-order valence-electron chi connectivity index (χ3n) is 3.71. The Kier molecular flexibility index (Phi) is 5.96. The fourth-order valence-electron chi connectivity index (χ4n) is 2.23. The van der Waals surface area contributed by atoms with Crippen molar-refractivity contribution >= 4 is 11.6 Å². The Morgan fingerprint density at radius 2 is 1.54 bits per heavy atom. The Morgan fingerprint density at radius 1 is 1.00 bits per heavy atom. The zero-order valence-electron chi connectivity index (χ0n) is 13.4. The van der Waals surface area contributed by atoms with E-state index < -0.39 is 6.10 Å². The molecule has 0 aliphatic carbocycles. The van der Waals surface area contributed by atoms with Crippen molar-refractivity contribution in [3.8, 4) is 11.5 Å². The van der Waals surface area contributed by atoms with Crippen molar-refractivity contribution in [2.24, 2.45) is 0 Å². The van der Waals surface area contributed by atoms with Gasteiger partial charge in [-0.3, -0.25) is 0 Å². The van der Waals surface area contributed by atoms with Crippen molar-refractivity contribution in [3.63, 3.8) is 0 Å². The minimum absolute atomic E-state index is 0.172. The summed E-state index contributed by atoms with van der Waals surface area (Å²) in [5.74, 6) is 1.77. The molecule has 128 valence electrons. The maximum atomic E-state index is 9.39. The minimum Gasteiger partial charge on any atom is -0.491 e. The molecule has 0 saturated carbocycles. The van der Waals surface area contributed by atoms with E-state index in [0.29, 0.717) is 6.61 Å². The summed E-state index contributed by atoms with van der Waals surface area (Å²) in [5, 5.41) is 9.39. The molecular weight excluding hydrogens is 328 g/mol. The van der Waals surface area contributed by atoms with Gasteiger partial charge in [0.05, 0.1) is 12.5 Å². The van der Waals surface area contributed by atoms with E-state index in [9.17, 15) is 5.11 Å². The van der Waals surface area contributed by atoms with Crippen molar-refractivity contribution in [1.29, 1.82) is 0 Å². The molecule has 1 heterocycles. The quantitative estimate of drug-likeness (QED) is 0.559. The molecule has 1 N–H and O–H groups in total. The van der Waals surface area contributed by atoms with Crippen LogP contribution in [0.5, 0.6) is 11.5 Å². The van der Waals surface area contributed by atoms with E-state index in [0.717, 1.165) is 24.5 Å². The van der Waals surface area contributed by atoms with Gasteiger partial charge in [0, 0.05) is 0 Å². The lowest BCUT2D eigenvalue weighted by atomic mass is 10.0. The first-order valence-electron chi connectivity index (χ1n) is 8.02. The Bertz CT molecular complexity index is 623. The number of halogens is 1. The first-order valence-corrected chi connectivity index (χ1v) is 8.55. The van der Waals surface area contributed by atoms with Gasteiger partial charge >= 0.3 is 0 Å². The van der Waals surface area contributed by atoms with Gasteiger partial charge in [-0.25, -0.2) is 0 Å². The lowest BCUT2D eigenvalue weighted by Crippen LogP contribution is -2.18. The molecule has 2 unspecified atom stereocenters. The SMILES string of the molecule is OC(CCl)COc1ccc(Cc2ccc(OCC3CO3)cc2)cc1. The van der Waals surface area contributed by atoms with Gasteiger partial charge in [0.2, 0.25) is 0 Å². The van der Waals surface area contributed by atoms with E-state index in [2.05, 4.69) is 12.1 Å². The number of aliphatic hydroxyl groups is 1. The average Bonchev–Trinajstić information content (AvgIpc) is 3.45. The van der Waals surface area contributed by atoms with Crippen LogP contribution in [0.2, 0.25) is 0 Å². The van der Waals surface area contributed by atoms with Crippen molar-refractivity contribution < 1.29 is 19.3 Å². The summed E-state index contributed by atoms with van der Waals surface area (Å²) in [6, 6.07) is 16.0. The fourth-order valence-corrected chi connectivity index (χ4v) is 2.32. The molecule has 1 fully saturated rings. The molecule has 0 spiro atoms. The monoisotopic (exact) mass is 348 g/mol. The predicted octanol–water partition coefficient (Wildman–Crippen LogP) is 3.03. The number of hydrogen-bond acceptors (Lipinski definition) is 4. The Hall–Kier alpha value is -1.75. The molecule has 24 heavy (non-hydrogen) atoms. The van der Waals surface area contributed by atoms with Crippen LogP contribution in [0, 0.1) is 0 Å². The van der Waals surface area contributed by atoms with Gasteiger partial charge in [-0.2, -0.15) is 0 Å². The second-order valence-corrected chi connectivity index (χ2v) is 6.16. The van der Waals surface area contributed by atoms with Gasteiger partial charge in [-0.05, 0) is 41.8 Å². The van der Waals surface area contributed by atoms with Crippen LogP contribution < -0.4 is 9.47 Å². The second-order valence-electron chi connectivity index (χ2n) is 5.85. The molecule has 1 aliphatic heterocycles. The van der Waals surface area contributed by atoms with Gasteiger partial charge in [0.15, 0.2) is 0 Å². The number of rotatable bonds is 9. The van der Waals surface area contributed by atoms with E-state index >= 15 is 0 Å². The molecule has 0 aromatic heterocycles. The number of hydrogen-bond donors (Lipinski definition) is 1. The number of benzene rings is 2. The maximum absolute atomic E-state index is 9.39. The zero-order chi connectivity index (χ0) is 16.8. The van der Waals surface area contributed by atoms with Crippen molar-refractivity contribution in [1.82, 2.24) is 0 Å². The van der Waals surface area contributed by atoms with E-state index in [4.69, 9.17) is 25.8 Å². The lowest BCUT2D eigenvalue weighted by Gasteiger charge is -2.10. The van der Waals surface area contributed by atoms with Crippen molar-refractivity contribution in [3.05, 3.63) is 59.7 Å². The maximum Gasteiger partial charge on any atom is 0.119 e. The van der Waals surface area contributed by atoms with E-state index in [1.165, 1.54) is 11.1 Å². The van der Waals surface area contributed by atoms with Gasteiger partial charge in [0.1, 0.15) is 36.9 Å². The van der Waals surface area contributed by atoms with Crippen LogP contribution in [0.4, 0.5) is 0 Å². The van der Waals surface area contributed by atoms with Gasteiger partial charge < -0.3 is 19.3 Å². The third kappa shape index (κ3) is 5.41. The van der Waals surface area contributed by atoms with Gasteiger partial charge in [-0.1, -0.05) is 24.3 Å². The molecule has 2 atom stereocenters. The number of alkyl halides is 1. The summed E-state index contributed by atoms with van der Waals surface area (Å²) in [5.41, 5.74) is 2.41. The summed E-state index contributed by atoms with van der Waals surface area (Å²) in [7, 11) is 0. The third-order valence-corrected chi connectivity index (χ3v) is 4.07. The highest BCUT2D eigenvalue weighted by Gasteiger charge is 2.22. The van der Waals surface area contributed by atoms with Gasteiger partial charge in [-0.15, -0.1) is 11.6 Å². The Labute approximate surface area is 146 Å². The van der Waals surface area contributed by atoms with Crippen molar-refractivity contribution in [2.45, 2.75) is 18.6 Å². The molecule has 0 amide bonds. The Morgan fingerprint density at radius 3 is 2.04 bits per heavy atom. The topological polar surface area (TPSA) is 51.2 Å². The first-order chi connectivity index (χ1) is 11.7. The zero-order valence-corrected chi connectivity index (χ0v) is 14.1. The fraction of sp³-hybridized carbons (Fsp3) is 0.368. The predicted molar refractivity (Wildman–Crippen MR) is 93.1 cm³/mol. The lowest BCUT2D eigenvalue weighted by molar-refractivity contribution is 0.125. The molecule has 1 aliphatic rings. The minimum atomic E-state index is -0.640. The molecule has 2 aromatic rings. The van der Waals surface area contributed by atoms with Crippen LogP contribution in [0.1, 0.15) is 11.1 Å². The smallest absolute Gasteiger partial charge is 0.119 e. The number of ether oxygens (including phenoxy) is 3. The molecule has 0 radical (unpaired) electrons. The molecule has 0 bridgehead atoms. The summed E-state index contributed by atoms with van der Waals surface area (Å²) >= 11 is 5.54. The molecule has 1 saturated heterocycles. The normalized spacial score (nSPS) is 17.3. The van der Waals surface area contributed by atoms with Crippen LogP contribution in [0.15, 0.2) is 48.5 Å². The van der Waals surface area contributed by atoms with Crippen LogP contribution in [-0.4, -0.2) is 43.0 Å². The summed E-state index contributed by atoms with van der Waals surface area (Å²) in [6.45, 7) is 1.64. The largest absolute Gasteiger partial charge is 0.491 e.